The lowest BCUT2D eigenvalue weighted by atomic mass is 9.60. The van der Waals surface area contributed by atoms with Crippen LogP contribution in [-0.4, -0.2) is 37.2 Å². The fourth-order valence-corrected chi connectivity index (χ4v) is 4.55. The Bertz CT molecular complexity index is 235. The molecule has 0 amide bonds. The molecule has 2 nitrogen and oxygen atoms in total. The zero-order valence-electron chi connectivity index (χ0n) is 9.40. The molecule has 2 heterocycles. The molecule has 0 spiro atoms. The van der Waals surface area contributed by atoms with Gasteiger partial charge in [0.1, 0.15) is 0 Å². The number of hydrogen-bond donors (Lipinski definition) is 0. The molecule has 0 unspecified atom stereocenters. The van der Waals surface area contributed by atoms with Crippen LogP contribution in [0.2, 0.25) is 0 Å². The number of fused-ring (bicyclic) bond motifs is 2. The molecule has 3 atom stereocenters. The SMILES string of the molecule is C1CC2CCC1[C@H]1CN(C[C@H]3CO3)C[C@@H]21. The zero-order chi connectivity index (χ0) is 9.83. The third-order valence-electron chi connectivity index (χ3n) is 5.38. The third-order valence-corrected chi connectivity index (χ3v) is 5.38. The summed E-state index contributed by atoms with van der Waals surface area (Å²) >= 11 is 0. The van der Waals surface area contributed by atoms with Crippen LogP contribution in [0.5, 0.6) is 0 Å². The van der Waals surface area contributed by atoms with Crippen molar-refractivity contribution in [3.8, 4) is 0 Å². The van der Waals surface area contributed by atoms with Crippen molar-refractivity contribution in [2.75, 3.05) is 26.2 Å². The molecule has 5 rings (SSSR count). The lowest BCUT2D eigenvalue weighted by Crippen LogP contribution is -2.38. The molecular weight excluding hydrogens is 186 g/mol. The van der Waals surface area contributed by atoms with E-state index in [9.17, 15) is 0 Å². The summed E-state index contributed by atoms with van der Waals surface area (Å²) in [5, 5.41) is 0. The van der Waals surface area contributed by atoms with Gasteiger partial charge >= 0.3 is 0 Å². The van der Waals surface area contributed by atoms with Gasteiger partial charge in [0.25, 0.3) is 0 Å². The number of epoxide rings is 1. The molecule has 2 aliphatic heterocycles. The molecule has 84 valence electrons. The van der Waals surface area contributed by atoms with Crippen molar-refractivity contribution < 1.29 is 4.74 Å². The van der Waals surface area contributed by atoms with Gasteiger partial charge in [-0.15, -0.1) is 0 Å². The second-order valence-electron chi connectivity index (χ2n) is 6.18. The fourth-order valence-electron chi connectivity index (χ4n) is 4.55. The van der Waals surface area contributed by atoms with Gasteiger partial charge in [0.2, 0.25) is 0 Å². The van der Waals surface area contributed by atoms with Crippen molar-refractivity contribution in [2.24, 2.45) is 23.7 Å². The van der Waals surface area contributed by atoms with E-state index in [-0.39, 0.29) is 0 Å². The Balaban J connectivity index is 1.48. The van der Waals surface area contributed by atoms with Gasteiger partial charge in [-0.25, -0.2) is 0 Å². The first kappa shape index (κ1) is 9.00. The van der Waals surface area contributed by atoms with Gasteiger partial charge in [-0.05, 0) is 49.4 Å². The highest BCUT2D eigenvalue weighted by atomic mass is 16.6. The summed E-state index contributed by atoms with van der Waals surface area (Å²) in [6, 6.07) is 0. The van der Waals surface area contributed by atoms with Crippen molar-refractivity contribution in [1.82, 2.24) is 4.90 Å². The summed E-state index contributed by atoms with van der Waals surface area (Å²) in [5.74, 6) is 4.31. The second kappa shape index (κ2) is 3.21. The molecule has 0 N–H and O–H groups in total. The van der Waals surface area contributed by atoms with E-state index in [2.05, 4.69) is 4.90 Å². The van der Waals surface area contributed by atoms with Crippen LogP contribution in [-0.2, 0) is 4.74 Å². The fraction of sp³-hybridized carbons (Fsp3) is 1.00. The first-order valence-corrected chi connectivity index (χ1v) is 6.74. The normalized spacial score (nSPS) is 53.2. The predicted molar refractivity (Wildman–Crippen MR) is 58.6 cm³/mol. The summed E-state index contributed by atoms with van der Waals surface area (Å²) in [7, 11) is 0. The maximum absolute atomic E-state index is 5.35. The van der Waals surface area contributed by atoms with E-state index in [0.717, 1.165) is 30.3 Å². The number of ether oxygens (including phenoxy) is 1. The number of likely N-dealkylation sites (tertiary alicyclic amines) is 1. The number of hydrogen-bond acceptors (Lipinski definition) is 2. The molecule has 0 aromatic carbocycles. The Hall–Kier alpha value is -0.0800. The van der Waals surface area contributed by atoms with Gasteiger partial charge in [-0.3, -0.25) is 0 Å². The van der Waals surface area contributed by atoms with Crippen LogP contribution >= 0.6 is 0 Å². The van der Waals surface area contributed by atoms with E-state index in [1.54, 1.807) is 25.7 Å². The Kier molecular flexibility index (Phi) is 1.92. The molecular formula is C13H21NO. The van der Waals surface area contributed by atoms with Crippen molar-refractivity contribution in [3.05, 3.63) is 0 Å². The monoisotopic (exact) mass is 207 g/mol. The number of rotatable bonds is 2. The molecule has 0 radical (unpaired) electrons. The first-order chi connectivity index (χ1) is 7.40. The summed E-state index contributed by atoms with van der Waals surface area (Å²) in [4.78, 5) is 2.70. The zero-order valence-corrected chi connectivity index (χ0v) is 9.40. The molecule has 5 fully saturated rings. The Morgan fingerprint density at radius 1 is 0.933 bits per heavy atom. The van der Waals surface area contributed by atoms with E-state index in [0.29, 0.717) is 6.10 Å². The van der Waals surface area contributed by atoms with Crippen LogP contribution < -0.4 is 0 Å². The first-order valence-electron chi connectivity index (χ1n) is 6.74. The van der Waals surface area contributed by atoms with Crippen molar-refractivity contribution in [1.29, 1.82) is 0 Å². The molecule has 2 bridgehead atoms. The summed E-state index contributed by atoms with van der Waals surface area (Å²) in [6.45, 7) is 5.04. The third kappa shape index (κ3) is 1.45. The van der Waals surface area contributed by atoms with Gasteiger partial charge < -0.3 is 9.64 Å². The Morgan fingerprint density at radius 2 is 1.47 bits per heavy atom. The highest BCUT2D eigenvalue weighted by Crippen LogP contribution is 2.51. The van der Waals surface area contributed by atoms with Crippen LogP contribution in [0.1, 0.15) is 25.7 Å². The highest BCUT2D eigenvalue weighted by molar-refractivity contribution is 4.99. The quantitative estimate of drug-likeness (QED) is 0.641. The Labute approximate surface area is 92.0 Å². The minimum absolute atomic E-state index is 0.600. The lowest BCUT2D eigenvalue weighted by Gasteiger charge is -2.45. The van der Waals surface area contributed by atoms with Crippen LogP contribution in [0.3, 0.4) is 0 Å². The van der Waals surface area contributed by atoms with Gasteiger partial charge in [0.15, 0.2) is 0 Å². The summed E-state index contributed by atoms with van der Waals surface area (Å²) in [6.07, 6.45) is 6.76. The minimum atomic E-state index is 0.600. The van der Waals surface area contributed by atoms with Crippen molar-refractivity contribution in [2.45, 2.75) is 31.8 Å². The second-order valence-corrected chi connectivity index (χ2v) is 6.18. The largest absolute Gasteiger partial charge is 0.372 e. The smallest absolute Gasteiger partial charge is 0.0936 e. The van der Waals surface area contributed by atoms with Crippen molar-refractivity contribution in [3.63, 3.8) is 0 Å². The van der Waals surface area contributed by atoms with E-state index >= 15 is 0 Å². The minimum Gasteiger partial charge on any atom is -0.372 e. The molecule has 2 saturated heterocycles. The predicted octanol–water partition coefficient (Wildman–Crippen LogP) is 1.75. The average molecular weight is 207 g/mol. The van der Waals surface area contributed by atoms with E-state index in [1.807, 2.05) is 0 Å². The lowest BCUT2D eigenvalue weighted by molar-refractivity contribution is 0.0577. The topological polar surface area (TPSA) is 15.8 Å². The van der Waals surface area contributed by atoms with Crippen LogP contribution in [0.15, 0.2) is 0 Å². The van der Waals surface area contributed by atoms with E-state index in [1.165, 1.54) is 19.6 Å². The van der Waals surface area contributed by atoms with Crippen LogP contribution in [0.25, 0.3) is 0 Å². The van der Waals surface area contributed by atoms with Gasteiger partial charge in [0, 0.05) is 19.6 Å². The molecule has 3 saturated carbocycles. The highest BCUT2D eigenvalue weighted by Gasteiger charge is 2.48. The summed E-state index contributed by atoms with van der Waals surface area (Å²) in [5.41, 5.74) is 0. The molecule has 5 aliphatic rings. The van der Waals surface area contributed by atoms with Gasteiger partial charge in [0.05, 0.1) is 12.7 Å². The van der Waals surface area contributed by atoms with E-state index < -0.39 is 0 Å². The van der Waals surface area contributed by atoms with Crippen molar-refractivity contribution >= 4 is 0 Å². The maximum Gasteiger partial charge on any atom is 0.0936 e. The molecule has 3 aliphatic carbocycles. The maximum atomic E-state index is 5.35. The van der Waals surface area contributed by atoms with Gasteiger partial charge in [-0.2, -0.15) is 0 Å². The molecule has 0 aromatic rings. The standard InChI is InChI=1S/C13H21NO/c1-2-10-4-3-9(1)12-6-14(7-13(10)12)5-11-8-15-11/h9-13H,1-8H2/t9?,10?,11-,12-,13+/m0/s1. The Morgan fingerprint density at radius 3 is 1.93 bits per heavy atom. The van der Waals surface area contributed by atoms with E-state index in [4.69, 9.17) is 4.74 Å². The van der Waals surface area contributed by atoms with Gasteiger partial charge in [-0.1, -0.05) is 0 Å². The molecule has 15 heavy (non-hydrogen) atoms. The summed E-state index contributed by atoms with van der Waals surface area (Å²) < 4.78 is 5.35. The van der Waals surface area contributed by atoms with Crippen LogP contribution in [0, 0.1) is 23.7 Å². The number of nitrogens with zero attached hydrogens (tertiary/aromatic N) is 1. The molecule has 0 aromatic heterocycles. The molecule has 2 heteroatoms. The average Bonchev–Trinajstić information content (AvgIpc) is 2.96. The van der Waals surface area contributed by atoms with Crippen LogP contribution in [0.4, 0.5) is 0 Å².